The second kappa shape index (κ2) is 4.46. The van der Waals surface area contributed by atoms with Crippen molar-refractivity contribution >= 4 is 18.3 Å². The fourth-order valence-corrected chi connectivity index (χ4v) is 1.78. The summed E-state index contributed by atoms with van der Waals surface area (Å²) in [5, 5.41) is 2.92. The topological polar surface area (TPSA) is 57.1 Å². The number of hydrogen-bond donors (Lipinski definition) is 0. The van der Waals surface area contributed by atoms with Crippen LogP contribution in [0.15, 0.2) is 35.7 Å². The largest absolute Gasteiger partial charge is 0.567 e. The predicted molar refractivity (Wildman–Crippen MR) is 69.2 cm³/mol. The van der Waals surface area contributed by atoms with Crippen LogP contribution in [0.4, 0.5) is 5.69 Å². The summed E-state index contributed by atoms with van der Waals surface area (Å²) in [5.74, 6) is 0.905. The molecule has 5 nitrogen and oxygen atoms in total. The van der Waals surface area contributed by atoms with E-state index in [9.17, 15) is 4.91 Å². The highest BCUT2D eigenvalue weighted by Gasteiger charge is 2.44. The van der Waals surface area contributed by atoms with Gasteiger partial charge in [0, 0.05) is 5.46 Å². The summed E-state index contributed by atoms with van der Waals surface area (Å²) < 4.78 is 16.5. The summed E-state index contributed by atoms with van der Waals surface area (Å²) >= 11 is 0. The molecule has 6 heteroatoms. The van der Waals surface area contributed by atoms with Crippen LogP contribution >= 0.6 is 0 Å². The lowest BCUT2D eigenvalue weighted by Crippen LogP contribution is -2.35. The number of hydrogen-bond acceptors (Lipinski definition) is 5. The Morgan fingerprint density at radius 2 is 2.17 bits per heavy atom. The van der Waals surface area contributed by atoms with Crippen LogP contribution in [0.25, 0.3) is 0 Å². The molecule has 1 aliphatic heterocycles. The van der Waals surface area contributed by atoms with Crippen molar-refractivity contribution in [3.8, 4) is 5.75 Å². The Morgan fingerprint density at radius 3 is 2.67 bits per heavy atom. The van der Waals surface area contributed by atoms with E-state index in [-0.39, 0.29) is 5.69 Å². The highest BCUT2D eigenvalue weighted by Crippen LogP contribution is 2.32. The van der Waals surface area contributed by atoms with Crippen molar-refractivity contribution in [2.24, 2.45) is 5.18 Å². The number of rotatable bonds is 3. The maximum Gasteiger partial charge on any atom is 0.567 e. The van der Waals surface area contributed by atoms with Crippen molar-refractivity contribution < 1.29 is 14.0 Å². The molecule has 0 radical (unpaired) electrons. The summed E-state index contributed by atoms with van der Waals surface area (Å²) in [4.78, 5) is 10.7. The number of nitrogens with zero attached hydrogens (tertiary/aromatic N) is 1. The van der Waals surface area contributed by atoms with Gasteiger partial charge in [0.15, 0.2) is 0 Å². The van der Waals surface area contributed by atoms with E-state index >= 15 is 0 Å². The lowest BCUT2D eigenvalue weighted by Gasteiger charge is -2.16. The Bertz CT molecular complexity index is 501. The van der Waals surface area contributed by atoms with E-state index in [0.29, 0.717) is 17.0 Å². The summed E-state index contributed by atoms with van der Waals surface area (Å²) in [6, 6.07) is 5.05. The van der Waals surface area contributed by atoms with Crippen LogP contribution in [0.1, 0.15) is 13.8 Å². The van der Waals surface area contributed by atoms with Gasteiger partial charge in [0.05, 0.1) is 12.9 Å². The van der Waals surface area contributed by atoms with Crippen molar-refractivity contribution in [3.63, 3.8) is 0 Å². The normalized spacial score (nSPS) is 17.5. The maximum absolute atomic E-state index is 10.7. The molecule has 94 valence electrons. The van der Waals surface area contributed by atoms with Crippen molar-refractivity contribution in [1.29, 1.82) is 0 Å². The van der Waals surface area contributed by atoms with Gasteiger partial charge in [0.2, 0.25) is 0 Å². The quantitative estimate of drug-likeness (QED) is 0.606. The first-order valence-corrected chi connectivity index (χ1v) is 5.53. The minimum Gasteiger partial charge on any atom is -0.534 e. The maximum atomic E-state index is 10.7. The Kier molecular flexibility index (Phi) is 3.13. The highest BCUT2D eigenvalue weighted by molar-refractivity contribution is 6.63. The Hall–Kier alpha value is -1.82. The van der Waals surface area contributed by atoms with Crippen LogP contribution in [0.2, 0.25) is 0 Å². The summed E-state index contributed by atoms with van der Waals surface area (Å²) in [5.41, 5.74) is 0.277. The number of ether oxygens (including phenoxy) is 1. The summed E-state index contributed by atoms with van der Waals surface area (Å²) in [6.07, 6.45) is 0. The third-order valence-corrected chi connectivity index (χ3v) is 2.90. The fourth-order valence-electron chi connectivity index (χ4n) is 1.78. The summed E-state index contributed by atoms with van der Waals surface area (Å²) in [6.45, 7) is 7.54. The molecule has 0 aromatic heterocycles. The third kappa shape index (κ3) is 1.99. The van der Waals surface area contributed by atoms with Crippen LogP contribution < -0.4 is 10.2 Å². The van der Waals surface area contributed by atoms with E-state index in [4.69, 9.17) is 14.0 Å². The Labute approximate surface area is 106 Å². The standard InChI is InChI=1S/C12H14BNO4/c1-8-12(2,3)18-13(17-8)9-6-5-7-10(14-15)11(9)16-4/h5-7H,1H2,2-4H3. The Morgan fingerprint density at radius 1 is 1.44 bits per heavy atom. The van der Waals surface area contributed by atoms with Gasteiger partial charge in [-0.15, -0.1) is 4.91 Å². The van der Waals surface area contributed by atoms with E-state index in [1.54, 1.807) is 18.2 Å². The second-order valence-corrected chi connectivity index (χ2v) is 4.49. The zero-order valence-electron chi connectivity index (χ0n) is 10.6. The van der Waals surface area contributed by atoms with Crippen LogP contribution in [0.3, 0.4) is 0 Å². The number of benzene rings is 1. The highest BCUT2D eigenvalue weighted by atomic mass is 16.7. The van der Waals surface area contributed by atoms with Crippen molar-refractivity contribution in [3.05, 3.63) is 35.4 Å². The van der Waals surface area contributed by atoms with Crippen LogP contribution in [0, 0.1) is 4.91 Å². The molecule has 0 amide bonds. The van der Waals surface area contributed by atoms with Crippen LogP contribution in [-0.4, -0.2) is 19.8 Å². The van der Waals surface area contributed by atoms with E-state index in [0.717, 1.165) is 0 Å². The minimum absolute atomic E-state index is 0.220. The first kappa shape index (κ1) is 12.6. The van der Waals surface area contributed by atoms with Crippen molar-refractivity contribution in [2.75, 3.05) is 7.11 Å². The van der Waals surface area contributed by atoms with Gasteiger partial charge in [0.1, 0.15) is 17.0 Å². The molecule has 1 aliphatic rings. The van der Waals surface area contributed by atoms with Crippen molar-refractivity contribution in [2.45, 2.75) is 19.4 Å². The SMILES string of the molecule is C=C1OB(c2cccc(N=O)c2OC)OC1(C)C. The molecular weight excluding hydrogens is 233 g/mol. The number of nitroso groups, excluding NO2 is 1. The van der Waals surface area contributed by atoms with Gasteiger partial charge in [0.25, 0.3) is 0 Å². The molecular formula is C12H14BNO4. The monoisotopic (exact) mass is 247 g/mol. The molecule has 0 spiro atoms. The second-order valence-electron chi connectivity index (χ2n) is 4.49. The van der Waals surface area contributed by atoms with Gasteiger partial charge in [-0.25, -0.2) is 0 Å². The molecule has 0 unspecified atom stereocenters. The molecule has 1 saturated heterocycles. The average Bonchev–Trinajstić information content (AvgIpc) is 2.62. The van der Waals surface area contributed by atoms with E-state index in [2.05, 4.69) is 11.8 Å². The van der Waals surface area contributed by atoms with E-state index in [1.165, 1.54) is 7.11 Å². The molecule has 1 fully saturated rings. The molecule has 0 atom stereocenters. The fraction of sp³-hybridized carbons (Fsp3) is 0.333. The van der Waals surface area contributed by atoms with Gasteiger partial charge in [-0.05, 0) is 25.1 Å². The van der Waals surface area contributed by atoms with Gasteiger partial charge in [-0.2, -0.15) is 0 Å². The average molecular weight is 247 g/mol. The third-order valence-electron chi connectivity index (χ3n) is 2.90. The Balaban J connectivity index is 2.41. The summed E-state index contributed by atoms with van der Waals surface area (Å²) in [7, 11) is 0.840. The van der Waals surface area contributed by atoms with Crippen LogP contribution in [0.5, 0.6) is 5.75 Å². The first-order valence-electron chi connectivity index (χ1n) is 5.53. The zero-order valence-corrected chi connectivity index (χ0v) is 10.6. The number of methoxy groups -OCH3 is 1. The first-order chi connectivity index (χ1) is 8.49. The number of para-hydroxylation sites is 1. The predicted octanol–water partition coefficient (Wildman–Crippen LogP) is 2.13. The molecule has 1 aromatic carbocycles. The lowest BCUT2D eigenvalue weighted by atomic mass is 9.78. The zero-order chi connectivity index (χ0) is 13.3. The van der Waals surface area contributed by atoms with Gasteiger partial charge in [-0.3, -0.25) is 0 Å². The molecule has 1 heterocycles. The molecule has 2 rings (SSSR count). The smallest absolute Gasteiger partial charge is 0.534 e. The van der Waals surface area contributed by atoms with Gasteiger partial charge < -0.3 is 14.0 Å². The van der Waals surface area contributed by atoms with Gasteiger partial charge >= 0.3 is 7.12 Å². The molecule has 1 aromatic rings. The molecule has 0 aliphatic carbocycles. The van der Waals surface area contributed by atoms with E-state index in [1.807, 2.05) is 13.8 Å². The lowest BCUT2D eigenvalue weighted by molar-refractivity contribution is 0.173. The molecule has 18 heavy (non-hydrogen) atoms. The van der Waals surface area contributed by atoms with Gasteiger partial charge in [-0.1, -0.05) is 18.7 Å². The van der Waals surface area contributed by atoms with E-state index < -0.39 is 12.7 Å². The molecule has 0 bridgehead atoms. The molecule has 0 saturated carbocycles. The minimum atomic E-state index is -0.635. The molecule has 0 N–H and O–H groups in total. The van der Waals surface area contributed by atoms with Crippen molar-refractivity contribution in [1.82, 2.24) is 0 Å². The van der Waals surface area contributed by atoms with Crippen LogP contribution in [-0.2, 0) is 9.31 Å².